The molecule has 114 valence electrons. The maximum Gasteiger partial charge on any atom is 0.328 e. The third-order valence-electron chi connectivity index (χ3n) is 3.54. The molecule has 1 aliphatic heterocycles. The van der Waals surface area contributed by atoms with E-state index < -0.39 is 5.97 Å². The largest absolute Gasteiger partial charge is 0.478 e. The Morgan fingerprint density at radius 3 is 2.48 bits per heavy atom. The van der Waals surface area contributed by atoms with Crippen LogP contribution in [0.2, 0.25) is 0 Å². The Morgan fingerprint density at radius 2 is 1.90 bits per heavy atom. The first-order chi connectivity index (χ1) is 10.0. The van der Waals surface area contributed by atoms with Crippen LogP contribution in [0.25, 0.3) is 6.08 Å². The molecular weight excluding hydrogens is 268 g/mol. The van der Waals surface area contributed by atoms with Gasteiger partial charge in [0.2, 0.25) is 0 Å². The summed E-state index contributed by atoms with van der Waals surface area (Å²) in [6, 6.07) is 7.72. The molecule has 4 heteroatoms. The van der Waals surface area contributed by atoms with Crippen LogP contribution in [0.3, 0.4) is 0 Å². The van der Waals surface area contributed by atoms with Crippen LogP contribution in [0, 0.1) is 0 Å². The van der Waals surface area contributed by atoms with E-state index in [1.165, 1.54) is 0 Å². The summed E-state index contributed by atoms with van der Waals surface area (Å²) in [4.78, 5) is 10.5. The van der Waals surface area contributed by atoms with Crippen molar-refractivity contribution in [2.75, 3.05) is 0 Å². The SMILES string of the molecule is CC1CC(OCc2ccc(/C=C/C(=O)O)cc2)CC(C)O1. The first kappa shape index (κ1) is 15.7. The predicted molar refractivity (Wildman–Crippen MR) is 80.9 cm³/mol. The van der Waals surface area contributed by atoms with Gasteiger partial charge in [0.1, 0.15) is 0 Å². The van der Waals surface area contributed by atoms with Crippen molar-refractivity contribution in [3.63, 3.8) is 0 Å². The van der Waals surface area contributed by atoms with E-state index in [1.54, 1.807) is 6.08 Å². The van der Waals surface area contributed by atoms with Gasteiger partial charge >= 0.3 is 5.97 Å². The molecule has 1 fully saturated rings. The van der Waals surface area contributed by atoms with Crippen LogP contribution in [-0.2, 0) is 20.9 Å². The molecule has 1 saturated heterocycles. The maximum atomic E-state index is 10.5. The minimum atomic E-state index is -0.940. The Bertz CT molecular complexity index is 482. The van der Waals surface area contributed by atoms with E-state index in [2.05, 4.69) is 13.8 Å². The Hall–Kier alpha value is -1.65. The highest BCUT2D eigenvalue weighted by molar-refractivity contribution is 5.85. The number of carboxylic acids is 1. The Morgan fingerprint density at radius 1 is 1.29 bits per heavy atom. The van der Waals surface area contributed by atoms with Crippen molar-refractivity contribution in [1.82, 2.24) is 0 Å². The van der Waals surface area contributed by atoms with Crippen molar-refractivity contribution in [2.45, 2.75) is 51.6 Å². The molecule has 2 unspecified atom stereocenters. The fraction of sp³-hybridized carbons (Fsp3) is 0.471. The van der Waals surface area contributed by atoms with Gasteiger partial charge in [0.05, 0.1) is 24.9 Å². The Balaban J connectivity index is 1.84. The van der Waals surface area contributed by atoms with Gasteiger partial charge in [-0.1, -0.05) is 24.3 Å². The fourth-order valence-corrected chi connectivity index (χ4v) is 2.59. The fourth-order valence-electron chi connectivity index (χ4n) is 2.59. The zero-order chi connectivity index (χ0) is 15.2. The van der Waals surface area contributed by atoms with Crippen molar-refractivity contribution >= 4 is 12.0 Å². The lowest BCUT2D eigenvalue weighted by molar-refractivity contribution is -0.131. The molecule has 0 aliphatic carbocycles. The van der Waals surface area contributed by atoms with Crippen molar-refractivity contribution in [1.29, 1.82) is 0 Å². The predicted octanol–water partition coefficient (Wildman–Crippen LogP) is 3.26. The minimum absolute atomic E-state index is 0.246. The van der Waals surface area contributed by atoms with E-state index in [0.29, 0.717) is 6.61 Å². The van der Waals surface area contributed by atoms with E-state index in [9.17, 15) is 4.79 Å². The average molecular weight is 290 g/mol. The van der Waals surface area contributed by atoms with Crippen molar-refractivity contribution < 1.29 is 19.4 Å². The van der Waals surface area contributed by atoms with Crippen LogP contribution in [0.1, 0.15) is 37.8 Å². The molecule has 1 aromatic carbocycles. The molecule has 1 aromatic rings. The summed E-state index contributed by atoms with van der Waals surface area (Å²) >= 11 is 0. The van der Waals surface area contributed by atoms with Gasteiger partial charge in [-0.15, -0.1) is 0 Å². The van der Waals surface area contributed by atoms with Crippen LogP contribution in [0.15, 0.2) is 30.3 Å². The molecule has 2 rings (SSSR count). The molecule has 0 saturated carbocycles. The highest BCUT2D eigenvalue weighted by atomic mass is 16.5. The lowest BCUT2D eigenvalue weighted by Crippen LogP contribution is -2.33. The van der Waals surface area contributed by atoms with Gasteiger partial charge in [0, 0.05) is 6.08 Å². The normalized spacial score (nSPS) is 26.1. The zero-order valence-corrected chi connectivity index (χ0v) is 12.5. The number of carboxylic acid groups (broad SMARTS) is 1. The summed E-state index contributed by atoms with van der Waals surface area (Å²) in [5, 5.41) is 8.58. The van der Waals surface area contributed by atoms with Gasteiger partial charge in [-0.25, -0.2) is 4.79 Å². The van der Waals surface area contributed by atoms with E-state index in [1.807, 2.05) is 24.3 Å². The van der Waals surface area contributed by atoms with Crippen LogP contribution >= 0.6 is 0 Å². The molecule has 1 N–H and O–H groups in total. The molecule has 0 amide bonds. The highest BCUT2D eigenvalue weighted by Gasteiger charge is 2.24. The first-order valence-electron chi connectivity index (χ1n) is 7.30. The van der Waals surface area contributed by atoms with E-state index in [-0.39, 0.29) is 18.3 Å². The third kappa shape index (κ3) is 5.33. The van der Waals surface area contributed by atoms with Crippen molar-refractivity contribution in [3.8, 4) is 0 Å². The van der Waals surface area contributed by atoms with E-state index >= 15 is 0 Å². The first-order valence-corrected chi connectivity index (χ1v) is 7.30. The van der Waals surface area contributed by atoms with E-state index in [4.69, 9.17) is 14.6 Å². The summed E-state index contributed by atoms with van der Waals surface area (Å²) in [6.45, 7) is 4.73. The van der Waals surface area contributed by atoms with Crippen molar-refractivity contribution in [3.05, 3.63) is 41.5 Å². The molecule has 0 aromatic heterocycles. The number of carbonyl (C=O) groups is 1. The standard InChI is InChI=1S/C17H22O4/c1-12-9-16(10-13(2)21-12)20-11-15-5-3-14(4-6-15)7-8-17(18)19/h3-8,12-13,16H,9-11H2,1-2H3,(H,18,19)/b8-7+. The lowest BCUT2D eigenvalue weighted by Gasteiger charge is -2.32. The highest BCUT2D eigenvalue weighted by Crippen LogP contribution is 2.22. The molecule has 1 aliphatic rings. The number of benzene rings is 1. The molecule has 2 atom stereocenters. The van der Waals surface area contributed by atoms with Crippen LogP contribution in [0.5, 0.6) is 0 Å². The summed E-state index contributed by atoms with van der Waals surface area (Å²) in [7, 11) is 0. The molecule has 1 heterocycles. The summed E-state index contributed by atoms with van der Waals surface area (Å²) in [6.07, 6.45) is 5.33. The number of ether oxygens (including phenoxy) is 2. The van der Waals surface area contributed by atoms with Crippen LogP contribution < -0.4 is 0 Å². The molecular formula is C17H22O4. The molecule has 0 spiro atoms. The number of hydrogen-bond acceptors (Lipinski definition) is 3. The number of rotatable bonds is 5. The third-order valence-corrected chi connectivity index (χ3v) is 3.54. The zero-order valence-electron chi connectivity index (χ0n) is 12.5. The van der Waals surface area contributed by atoms with Gasteiger partial charge in [-0.3, -0.25) is 0 Å². The van der Waals surface area contributed by atoms with Crippen LogP contribution in [0.4, 0.5) is 0 Å². The smallest absolute Gasteiger partial charge is 0.328 e. The summed E-state index contributed by atoms with van der Waals surface area (Å²) < 4.78 is 11.7. The van der Waals surface area contributed by atoms with Gasteiger partial charge in [0.25, 0.3) is 0 Å². The van der Waals surface area contributed by atoms with Gasteiger partial charge in [0.15, 0.2) is 0 Å². The molecule has 4 nitrogen and oxygen atoms in total. The molecule has 0 bridgehead atoms. The quantitative estimate of drug-likeness (QED) is 0.846. The number of hydrogen-bond donors (Lipinski definition) is 1. The second-order valence-electron chi connectivity index (χ2n) is 5.57. The molecule has 0 radical (unpaired) electrons. The van der Waals surface area contributed by atoms with Crippen molar-refractivity contribution in [2.24, 2.45) is 0 Å². The number of aliphatic carboxylic acids is 1. The monoisotopic (exact) mass is 290 g/mol. The Kier molecular flexibility index (Phi) is 5.53. The van der Waals surface area contributed by atoms with E-state index in [0.717, 1.165) is 30.0 Å². The van der Waals surface area contributed by atoms with Gasteiger partial charge in [-0.2, -0.15) is 0 Å². The second kappa shape index (κ2) is 7.38. The van der Waals surface area contributed by atoms with Crippen LogP contribution in [-0.4, -0.2) is 29.4 Å². The van der Waals surface area contributed by atoms with Gasteiger partial charge < -0.3 is 14.6 Å². The molecule has 21 heavy (non-hydrogen) atoms. The average Bonchev–Trinajstić information content (AvgIpc) is 2.43. The summed E-state index contributed by atoms with van der Waals surface area (Å²) in [5.41, 5.74) is 1.96. The summed E-state index contributed by atoms with van der Waals surface area (Å²) in [5.74, 6) is -0.940. The topological polar surface area (TPSA) is 55.8 Å². The van der Waals surface area contributed by atoms with Gasteiger partial charge in [-0.05, 0) is 43.9 Å². The lowest BCUT2D eigenvalue weighted by atomic mass is 10.0. The Labute approximate surface area is 125 Å². The minimum Gasteiger partial charge on any atom is -0.478 e. The maximum absolute atomic E-state index is 10.5. The second-order valence-corrected chi connectivity index (χ2v) is 5.57.